The fourth-order valence-corrected chi connectivity index (χ4v) is 4.38. The second-order valence-electron chi connectivity index (χ2n) is 8.68. The van der Waals surface area contributed by atoms with Crippen molar-refractivity contribution in [1.82, 2.24) is 0 Å². The minimum absolute atomic E-state index is 0.0234. The summed E-state index contributed by atoms with van der Waals surface area (Å²) in [7, 11) is 1.60. The lowest BCUT2D eigenvalue weighted by Crippen LogP contribution is -2.28. The molecule has 9 heteroatoms. The Kier molecular flexibility index (Phi) is 8.13. The van der Waals surface area contributed by atoms with Gasteiger partial charge in [-0.15, -0.1) is 0 Å². The fourth-order valence-electron chi connectivity index (χ4n) is 3.95. The first kappa shape index (κ1) is 26.2. The molecule has 1 atom stereocenters. The summed E-state index contributed by atoms with van der Waals surface area (Å²) in [5.74, 6) is 0.157. The van der Waals surface area contributed by atoms with Gasteiger partial charge in [-0.25, -0.2) is 0 Å². The fraction of sp³-hybridized carbons (Fsp3) is 0.250. The van der Waals surface area contributed by atoms with Crippen molar-refractivity contribution in [3.8, 4) is 17.2 Å². The van der Waals surface area contributed by atoms with Gasteiger partial charge >= 0.3 is 5.97 Å². The lowest BCUT2D eigenvalue weighted by atomic mass is 10.1. The zero-order chi connectivity index (χ0) is 26.5. The minimum atomic E-state index is -0.646. The zero-order valence-electron chi connectivity index (χ0n) is 20.7. The molecule has 8 nitrogen and oxygen atoms in total. The molecular weight excluding hydrogens is 540 g/mol. The molecule has 3 aromatic rings. The normalized spacial score (nSPS) is 14.9. The van der Waals surface area contributed by atoms with Crippen molar-refractivity contribution in [2.24, 2.45) is 5.92 Å². The summed E-state index contributed by atoms with van der Waals surface area (Å²) in [6, 6.07) is 17.9. The Balaban J connectivity index is 1.29. The highest BCUT2D eigenvalue weighted by Crippen LogP contribution is 2.30. The maximum absolute atomic E-state index is 12.6. The molecule has 0 aliphatic carbocycles. The quantitative estimate of drug-likeness (QED) is 0.367. The van der Waals surface area contributed by atoms with E-state index in [1.54, 1.807) is 61.7 Å². The Bertz CT molecular complexity index is 1310. The van der Waals surface area contributed by atoms with Gasteiger partial charge in [-0.2, -0.15) is 0 Å². The molecule has 0 saturated carbocycles. The van der Waals surface area contributed by atoms with Crippen molar-refractivity contribution in [2.75, 3.05) is 30.5 Å². The molecule has 0 unspecified atom stereocenters. The molecular formula is C28H27BrN2O6. The SMILES string of the molecule is COc1ccc(Oc2ccc(N3C[C@@H](C(=O)OCC(=O)Nc4ccc(Br)c(C)c4C)CC3=O)cc2)cc1. The highest BCUT2D eigenvalue weighted by Gasteiger charge is 2.36. The van der Waals surface area contributed by atoms with Crippen LogP contribution < -0.4 is 19.7 Å². The number of ether oxygens (including phenoxy) is 3. The third-order valence-corrected chi connectivity index (χ3v) is 7.10. The number of rotatable bonds is 8. The van der Waals surface area contributed by atoms with Gasteiger partial charge in [0.05, 0.1) is 13.0 Å². The molecule has 0 bridgehead atoms. The summed E-state index contributed by atoms with van der Waals surface area (Å²) in [5.41, 5.74) is 3.25. The number of amides is 2. The van der Waals surface area contributed by atoms with Crippen LogP contribution in [0, 0.1) is 19.8 Å². The van der Waals surface area contributed by atoms with Crippen LogP contribution in [-0.2, 0) is 19.1 Å². The molecule has 2 amide bonds. The number of halogens is 1. The number of hydrogen-bond donors (Lipinski definition) is 1. The highest BCUT2D eigenvalue weighted by atomic mass is 79.9. The lowest BCUT2D eigenvalue weighted by molar-refractivity contribution is -0.151. The molecule has 1 heterocycles. The van der Waals surface area contributed by atoms with Crippen LogP contribution in [0.15, 0.2) is 65.1 Å². The van der Waals surface area contributed by atoms with Crippen LogP contribution >= 0.6 is 15.9 Å². The Labute approximate surface area is 223 Å². The maximum atomic E-state index is 12.6. The standard InChI is InChI=1S/C28H27BrN2O6/c1-17-18(2)25(13-12-24(17)29)30-26(32)16-36-28(34)19-14-27(33)31(15-19)20-4-6-22(7-5-20)37-23-10-8-21(35-3)9-11-23/h4-13,19H,14-16H2,1-3H3,(H,30,32)/t19-/m0/s1. The second kappa shape index (κ2) is 11.5. The average Bonchev–Trinajstić information content (AvgIpc) is 3.30. The van der Waals surface area contributed by atoms with Crippen molar-refractivity contribution in [2.45, 2.75) is 20.3 Å². The molecule has 1 fully saturated rings. The number of anilines is 2. The molecule has 0 aromatic heterocycles. The van der Waals surface area contributed by atoms with Crippen molar-refractivity contribution >= 4 is 45.1 Å². The van der Waals surface area contributed by atoms with Gasteiger partial charge in [0.2, 0.25) is 5.91 Å². The first-order valence-electron chi connectivity index (χ1n) is 11.7. The third-order valence-electron chi connectivity index (χ3n) is 6.24. The highest BCUT2D eigenvalue weighted by molar-refractivity contribution is 9.10. The number of carbonyl (C=O) groups excluding carboxylic acids is 3. The van der Waals surface area contributed by atoms with Gasteiger partial charge in [-0.05, 0) is 85.6 Å². The number of esters is 1. The van der Waals surface area contributed by atoms with Crippen molar-refractivity contribution < 1.29 is 28.6 Å². The number of nitrogens with one attached hydrogen (secondary N) is 1. The molecule has 3 aromatic carbocycles. The van der Waals surface area contributed by atoms with E-state index in [1.807, 2.05) is 19.9 Å². The van der Waals surface area contributed by atoms with Crippen LogP contribution in [0.4, 0.5) is 11.4 Å². The van der Waals surface area contributed by atoms with Crippen molar-refractivity contribution in [3.63, 3.8) is 0 Å². The van der Waals surface area contributed by atoms with Gasteiger partial charge in [0.25, 0.3) is 5.91 Å². The zero-order valence-corrected chi connectivity index (χ0v) is 22.3. The van der Waals surface area contributed by atoms with Crippen molar-refractivity contribution in [3.05, 3.63) is 76.3 Å². The van der Waals surface area contributed by atoms with E-state index in [2.05, 4.69) is 21.2 Å². The number of methoxy groups -OCH3 is 1. The van der Waals surface area contributed by atoms with E-state index in [9.17, 15) is 14.4 Å². The molecule has 1 aliphatic rings. The first-order valence-corrected chi connectivity index (χ1v) is 12.5. The monoisotopic (exact) mass is 566 g/mol. The Morgan fingerprint density at radius 2 is 1.57 bits per heavy atom. The third kappa shape index (κ3) is 6.29. The van der Waals surface area contributed by atoms with E-state index >= 15 is 0 Å². The first-order chi connectivity index (χ1) is 17.7. The number of nitrogens with zero attached hydrogens (tertiary/aromatic N) is 1. The van der Waals surface area contributed by atoms with Crippen LogP contribution in [0.3, 0.4) is 0 Å². The molecule has 0 spiro atoms. The Hall–Kier alpha value is -3.85. The van der Waals surface area contributed by atoms with E-state index < -0.39 is 24.4 Å². The van der Waals surface area contributed by atoms with Crippen molar-refractivity contribution in [1.29, 1.82) is 0 Å². The van der Waals surface area contributed by atoms with Crippen LogP contribution in [0.1, 0.15) is 17.5 Å². The van der Waals surface area contributed by atoms with E-state index in [0.29, 0.717) is 22.9 Å². The molecule has 37 heavy (non-hydrogen) atoms. The number of hydrogen-bond acceptors (Lipinski definition) is 6. The van der Waals surface area contributed by atoms with Crippen LogP contribution in [0.2, 0.25) is 0 Å². The molecule has 4 rings (SSSR count). The topological polar surface area (TPSA) is 94.2 Å². The van der Waals surface area contributed by atoms with E-state index in [4.69, 9.17) is 14.2 Å². The summed E-state index contributed by atoms with van der Waals surface area (Å²) in [6.45, 7) is 3.61. The van der Waals surface area contributed by atoms with Gasteiger partial charge in [0.1, 0.15) is 17.2 Å². The minimum Gasteiger partial charge on any atom is -0.497 e. The number of benzene rings is 3. The van der Waals surface area contributed by atoms with Gasteiger partial charge in [0.15, 0.2) is 6.61 Å². The lowest BCUT2D eigenvalue weighted by Gasteiger charge is -2.17. The summed E-state index contributed by atoms with van der Waals surface area (Å²) in [6.07, 6.45) is 0.0234. The smallest absolute Gasteiger partial charge is 0.311 e. The predicted molar refractivity (Wildman–Crippen MR) is 143 cm³/mol. The Morgan fingerprint density at radius 1 is 0.946 bits per heavy atom. The van der Waals surface area contributed by atoms with E-state index in [1.165, 1.54) is 4.90 Å². The summed E-state index contributed by atoms with van der Waals surface area (Å²) >= 11 is 3.46. The van der Waals surface area contributed by atoms with E-state index in [0.717, 1.165) is 21.3 Å². The van der Waals surface area contributed by atoms with Gasteiger partial charge in [0, 0.05) is 28.8 Å². The maximum Gasteiger partial charge on any atom is 0.311 e. The molecule has 192 valence electrons. The van der Waals surface area contributed by atoms with Crippen LogP contribution in [0.25, 0.3) is 0 Å². The largest absolute Gasteiger partial charge is 0.497 e. The summed E-state index contributed by atoms with van der Waals surface area (Å²) in [5, 5.41) is 2.76. The molecule has 0 radical (unpaired) electrons. The van der Waals surface area contributed by atoms with E-state index in [-0.39, 0.29) is 18.9 Å². The van der Waals surface area contributed by atoms with Crippen LogP contribution in [0.5, 0.6) is 17.2 Å². The molecule has 1 saturated heterocycles. The Morgan fingerprint density at radius 3 is 2.22 bits per heavy atom. The molecule has 1 N–H and O–H groups in total. The van der Waals surface area contributed by atoms with Gasteiger partial charge in [-0.1, -0.05) is 15.9 Å². The summed E-state index contributed by atoms with van der Waals surface area (Å²) in [4.78, 5) is 39.0. The van der Waals surface area contributed by atoms with Gasteiger partial charge < -0.3 is 24.4 Å². The predicted octanol–water partition coefficient (Wildman–Crippen LogP) is 5.40. The molecule has 1 aliphatic heterocycles. The average molecular weight is 567 g/mol. The number of carbonyl (C=O) groups is 3. The summed E-state index contributed by atoms with van der Waals surface area (Å²) < 4.78 is 17.1. The van der Waals surface area contributed by atoms with Gasteiger partial charge in [-0.3, -0.25) is 14.4 Å². The van der Waals surface area contributed by atoms with Crippen LogP contribution in [-0.4, -0.2) is 38.0 Å². The second-order valence-corrected chi connectivity index (χ2v) is 9.53.